The van der Waals surface area contributed by atoms with E-state index >= 15 is 0 Å². The van der Waals surface area contributed by atoms with Crippen molar-refractivity contribution in [2.75, 3.05) is 5.01 Å². The minimum absolute atomic E-state index is 0.0532. The first-order valence-electron chi connectivity index (χ1n) is 10.4. The highest BCUT2D eigenvalue weighted by molar-refractivity contribution is 6.23. The summed E-state index contributed by atoms with van der Waals surface area (Å²) in [6.45, 7) is 1.63. The summed E-state index contributed by atoms with van der Waals surface area (Å²) in [4.78, 5) is 46.4. The summed E-state index contributed by atoms with van der Waals surface area (Å²) in [5.41, 5.74) is 1.40. The lowest BCUT2D eigenvalue weighted by atomic mass is 10.1. The molecule has 0 radical (unpaired) electrons. The van der Waals surface area contributed by atoms with Gasteiger partial charge in [0.1, 0.15) is 11.5 Å². The van der Waals surface area contributed by atoms with Crippen LogP contribution in [0, 0.1) is 10.1 Å². The molecule has 0 bridgehead atoms. The second-order valence-electron chi connectivity index (χ2n) is 7.59. The average molecular weight is 451 g/mol. The molecule has 1 aliphatic rings. The van der Waals surface area contributed by atoms with Gasteiger partial charge in [-0.05, 0) is 42.8 Å². The number of carbonyl (C=O) groups is 1. The summed E-state index contributed by atoms with van der Waals surface area (Å²) in [5.74, 6) is 0.102. The first-order valence-corrected chi connectivity index (χ1v) is 10.4. The Hall–Kier alpha value is -4.92. The van der Waals surface area contributed by atoms with E-state index in [0.717, 1.165) is 0 Å². The van der Waals surface area contributed by atoms with Crippen LogP contribution in [-0.2, 0) is 4.79 Å². The molecule has 0 fully saturated rings. The number of nitrogens with zero attached hydrogens (tertiary/aromatic N) is 5. The molecule has 2 heterocycles. The van der Waals surface area contributed by atoms with Crippen molar-refractivity contribution in [1.29, 1.82) is 0 Å². The van der Waals surface area contributed by atoms with Crippen molar-refractivity contribution in [3.05, 3.63) is 111 Å². The highest BCUT2D eigenvalue weighted by Gasteiger charge is 2.32. The number of para-hydroxylation sites is 1. The predicted molar refractivity (Wildman–Crippen MR) is 129 cm³/mol. The Morgan fingerprint density at radius 3 is 2.29 bits per heavy atom. The molecule has 0 unspecified atom stereocenters. The molecule has 0 saturated heterocycles. The number of nitro groups is 1. The molecule has 166 valence electrons. The second kappa shape index (κ2) is 8.21. The van der Waals surface area contributed by atoms with E-state index in [4.69, 9.17) is 0 Å². The summed E-state index contributed by atoms with van der Waals surface area (Å²) in [6, 6.07) is 21.9. The highest BCUT2D eigenvalue weighted by atomic mass is 16.6. The Labute approximate surface area is 193 Å². The van der Waals surface area contributed by atoms with Crippen LogP contribution in [0.3, 0.4) is 0 Å². The molecule has 0 atom stereocenters. The molecule has 5 rings (SSSR count). The number of benzene rings is 3. The number of carbonyl (C=O) groups excluding carboxylic acids is 1. The first kappa shape index (κ1) is 21.0. The summed E-state index contributed by atoms with van der Waals surface area (Å²) in [6.07, 6.45) is 1.53. The minimum atomic E-state index is -0.507. The van der Waals surface area contributed by atoms with E-state index in [0.29, 0.717) is 33.7 Å². The van der Waals surface area contributed by atoms with Crippen LogP contribution < -0.4 is 10.6 Å². The van der Waals surface area contributed by atoms with Gasteiger partial charge in [0.2, 0.25) is 0 Å². The van der Waals surface area contributed by atoms with Crippen molar-refractivity contribution >= 4 is 34.4 Å². The normalized spacial score (nSPS) is 14.6. The van der Waals surface area contributed by atoms with Crippen LogP contribution in [0.25, 0.3) is 28.4 Å². The second-order valence-corrected chi connectivity index (χ2v) is 7.59. The third-order valence-electron chi connectivity index (χ3n) is 5.39. The van der Waals surface area contributed by atoms with E-state index < -0.39 is 16.4 Å². The largest absolute Gasteiger partial charge is 0.297 e. The summed E-state index contributed by atoms with van der Waals surface area (Å²) < 4.78 is 1.25. The zero-order valence-electron chi connectivity index (χ0n) is 18.0. The molecule has 0 aliphatic carbocycles. The molecule has 0 N–H and O–H groups in total. The van der Waals surface area contributed by atoms with Gasteiger partial charge >= 0.3 is 0 Å². The number of fused-ring (bicyclic) bond motifs is 1. The van der Waals surface area contributed by atoms with Crippen LogP contribution >= 0.6 is 0 Å². The fourth-order valence-electron chi connectivity index (χ4n) is 3.79. The number of hydrogen-bond acceptors (Lipinski definition) is 6. The molecular formula is C25H17N5O4. The Balaban J connectivity index is 1.65. The fourth-order valence-corrected chi connectivity index (χ4v) is 3.79. The molecule has 0 spiro atoms. The number of aromatic nitrogens is 2. The predicted octanol–water partition coefficient (Wildman–Crippen LogP) is 3.91. The summed E-state index contributed by atoms with van der Waals surface area (Å²) in [7, 11) is 0. The molecule has 3 aromatic carbocycles. The van der Waals surface area contributed by atoms with Crippen molar-refractivity contribution in [2.45, 2.75) is 6.92 Å². The van der Waals surface area contributed by atoms with E-state index in [1.807, 2.05) is 30.3 Å². The Kier molecular flexibility index (Phi) is 5.06. The zero-order chi connectivity index (χ0) is 23.8. The van der Waals surface area contributed by atoms with E-state index in [2.05, 4.69) is 9.98 Å². The molecule has 1 aliphatic heterocycles. The van der Waals surface area contributed by atoms with Gasteiger partial charge in [-0.15, -0.1) is 0 Å². The number of nitro benzene ring substituents is 1. The lowest BCUT2D eigenvalue weighted by Crippen LogP contribution is -2.47. The number of hydrogen-bond donors (Lipinski definition) is 0. The van der Waals surface area contributed by atoms with Crippen LogP contribution in [-0.4, -0.2) is 26.3 Å². The van der Waals surface area contributed by atoms with Gasteiger partial charge < -0.3 is 0 Å². The summed E-state index contributed by atoms with van der Waals surface area (Å²) in [5, 5.41) is 12.5. The van der Waals surface area contributed by atoms with Gasteiger partial charge in [0, 0.05) is 17.7 Å². The molecule has 9 heteroatoms. The monoisotopic (exact) mass is 451 g/mol. The molecule has 0 saturated carbocycles. The third kappa shape index (κ3) is 3.55. The SMILES string of the molecule is CC1=N/C(=C\c2ccc([N+](=O)[O-])cc2)C(=O)N1n1c(-c2ccccc2)nc2ccccc2c1=O. The number of amidine groups is 1. The smallest absolute Gasteiger partial charge is 0.267 e. The van der Waals surface area contributed by atoms with Crippen LogP contribution in [0.2, 0.25) is 0 Å². The van der Waals surface area contributed by atoms with Crippen molar-refractivity contribution in [3.8, 4) is 11.4 Å². The van der Waals surface area contributed by atoms with Gasteiger partial charge in [0.25, 0.3) is 17.2 Å². The molecule has 4 aromatic rings. The van der Waals surface area contributed by atoms with Gasteiger partial charge in [0.05, 0.1) is 15.8 Å². The maximum absolute atomic E-state index is 13.6. The Morgan fingerprint density at radius 1 is 0.912 bits per heavy atom. The Morgan fingerprint density at radius 2 is 1.59 bits per heavy atom. The average Bonchev–Trinajstić information content (AvgIpc) is 3.12. The zero-order valence-corrected chi connectivity index (χ0v) is 18.0. The van der Waals surface area contributed by atoms with Gasteiger partial charge in [0.15, 0.2) is 5.82 Å². The number of amides is 1. The number of aliphatic imine (C=N–C) groups is 1. The van der Waals surface area contributed by atoms with E-state index in [1.165, 1.54) is 40.0 Å². The van der Waals surface area contributed by atoms with Crippen LogP contribution in [0.4, 0.5) is 5.69 Å². The topological polar surface area (TPSA) is 111 Å². The Bertz CT molecular complexity index is 1570. The van der Waals surface area contributed by atoms with Crippen molar-refractivity contribution in [3.63, 3.8) is 0 Å². The minimum Gasteiger partial charge on any atom is -0.267 e. The van der Waals surface area contributed by atoms with E-state index in [1.54, 1.807) is 31.2 Å². The van der Waals surface area contributed by atoms with Gasteiger partial charge in [-0.2, -0.15) is 9.69 Å². The maximum Gasteiger partial charge on any atom is 0.297 e. The molecule has 1 amide bonds. The summed E-state index contributed by atoms with van der Waals surface area (Å²) >= 11 is 0. The lowest BCUT2D eigenvalue weighted by Gasteiger charge is -2.22. The molecular weight excluding hydrogens is 434 g/mol. The van der Waals surface area contributed by atoms with Crippen molar-refractivity contribution in [2.24, 2.45) is 4.99 Å². The van der Waals surface area contributed by atoms with Crippen molar-refractivity contribution < 1.29 is 9.72 Å². The van der Waals surface area contributed by atoms with Crippen molar-refractivity contribution in [1.82, 2.24) is 9.66 Å². The van der Waals surface area contributed by atoms with E-state index in [9.17, 15) is 19.7 Å². The highest BCUT2D eigenvalue weighted by Crippen LogP contribution is 2.24. The van der Waals surface area contributed by atoms with Crippen LogP contribution in [0.5, 0.6) is 0 Å². The third-order valence-corrected chi connectivity index (χ3v) is 5.39. The lowest BCUT2D eigenvalue weighted by molar-refractivity contribution is -0.384. The van der Waals surface area contributed by atoms with Crippen LogP contribution in [0.15, 0.2) is 94.3 Å². The molecule has 34 heavy (non-hydrogen) atoms. The quantitative estimate of drug-likeness (QED) is 0.265. The molecule has 1 aromatic heterocycles. The van der Waals surface area contributed by atoms with E-state index in [-0.39, 0.29) is 11.4 Å². The number of rotatable bonds is 4. The fraction of sp³-hybridized carbons (Fsp3) is 0.0400. The van der Waals surface area contributed by atoms with Gasteiger partial charge in [-0.3, -0.25) is 19.7 Å². The standard InChI is InChI=1S/C25H17N5O4/c1-16-26-22(15-17-11-13-19(14-12-17)30(33)34)25(32)28(16)29-23(18-7-3-2-4-8-18)27-21-10-6-5-9-20(21)24(29)31/h2-15H,1H3/b22-15-. The van der Waals surface area contributed by atoms with Gasteiger partial charge in [-0.25, -0.2) is 9.98 Å². The molecule has 9 nitrogen and oxygen atoms in total. The first-order chi connectivity index (χ1) is 16.4. The number of non-ortho nitro benzene ring substituents is 1. The van der Waals surface area contributed by atoms with Gasteiger partial charge in [-0.1, -0.05) is 42.5 Å². The van der Waals surface area contributed by atoms with Crippen LogP contribution in [0.1, 0.15) is 12.5 Å². The maximum atomic E-state index is 13.6.